The van der Waals surface area contributed by atoms with E-state index < -0.39 is 6.04 Å². The summed E-state index contributed by atoms with van der Waals surface area (Å²) in [5.41, 5.74) is 11.3. The molecule has 3 saturated carbocycles. The van der Waals surface area contributed by atoms with Crippen LogP contribution in [0.4, 0.5) is 26.4 Å². The summed E-state index contributed by atoms with van der Waals surface area (Å²) >= 11 is 0. The van der Waals surface area contributed by atoms with Crippen LogP contribution in [0.2, 0.25) is 0 Å². The van der Waals surface area contributed by atoms with Gasteiger partial charge >= 0.3 is 6.09 Å². The molecule has 0 radical (unpaired) electrons. The minimum absolute atomic E-state index is 0.0231. The van der Waals surface area contributed by atoms with E-state index in [-0.39, 0.29) is 54.1 Å². The summed E-state index contributed by atoms with van der Waals surface area (Å²) in [5.74, 6) is 1.73. The van der Waals surface area contributed by atoms with Crippen molar-refractivity contribution in [3.8, 4) is 22.8 Å². The van der Waals surface area contributed by atoms with Gasteiger partial charge in [-0.25, -0.2) is 33.8 Å². The SMILES string of the molecule is CC(C)n1nc(-c2noc(C3CC3)c2-c2ncc(C3CCN(C(=O)OC4CC5(CC(CN6CCN(c7ccc(NC8CCC(=O)NC8=O)cc7F)CC6)C5)C4)CC3)cn2)c2c(N)ncnc21. The fraction of sp³-hybridized carbons (Fsp3) is 0.553. The van der Waals surface area contributed by atoms with E-state index >= 15 is 4.39 Å². The first-order chi connectivity index (χ1) is 32.0. The molecule has 6 aliphatic rings. The molecule has 1 atom stereocenters. The van der Waals surface area contributed by atoms with Crippen LogP contribution >= 0.6 is 0 Å². The smallest absolute Gasteiger partial charge is 0.410 e. The van der Waals surface area contributed by atoms with Crippen LogP contribution in [-0.2, 0) is 14.3 Å². The number of fused-ring (bicyclic) bond motifs is 1. The van der Waals surface area contributed by atoms with E-state index in [2.05, 4.69) is 35.6 Å². The Morgan fingerprint density at radius 3 is 2.41 bits per heavy atom. The molecule has 3 aliphatic heterocycles. The standard InChI is InChI=1S/C47H56FN13O5/c1-26(2)61-44-38(42(49)52-25-53-44)39(56-61)40-37(41(66-57-40)29-3-4-29)43-50-22-30(23-51-43)28-9-11-60(12-10-28)46(64)65-32-20-47(21-32)18-27(19-47)24-58-13-15-59(16-14-58)35-7-5-31(17-33(35)48)54-34-6-8-36(62)55-45(34)63/h5,7,17,22-23,25-29,32,34,54H,3-4,6,8-16,18-21,24H2,1-2H3,(H2,49,52,53)(H,55,62,63). The Bertz CT molecular complexity index is 2650. The van der Waals surface area contributed by atoms with Crippen LogP contribution in [0.15, 0.2) is 41.4 Å². The van der Waals surface area contributed by atoms with Crippen LogP contribution < -0.4 is 21.3 Å². The second-order valence-electron chi connectivity index (χ2n) is 19.8. The molecule has 3 saturated heterocycles. The van der Waals surface area contributed by atoms with Crippen LogP contribution in [0.25, 0.3) is 33.8 Å². The lowest BCUT2D eigenvalue weighted by Gasteiger charge is -2.58. The van der Waals surface area contributed by atoms with E-state index in [9.17, 15) is 14.4 Å². The molecular weight excluding hydrogens is 846 g/mol. The molecule has 3 aliphatic carbocycles. The van der Waals surface area contributed by atoms with E-state index in [1.54, 1.807) is 12.1 Å². The highest BCUT2D eigenvalue weighted by Crippen LogP contribution is 2.60. The first-order valence-corrected chi connectivity index (χ1v) is 23.6. The maximum Gasteiger partial charge on any atom is 0.410 e. The highest BCUT2D eigenvalue weighted by Gasteiger charge is 2.54. The van der Waals surface area contributed by atoms with Crippen molar-refractivity contribution in [3.05, 3.63) is 54.1 Å². The summed E-state index contributed by atoms with van der Waals surface area (Å²) in [5, 5.41) is 15.4. The van der Waals surface area contributed by atoms with Gasteiger partial charge < -0.3 is 30.1 Å². The number of hydrogen-bond donors (Lipinski definition) is 3. The van der Waals surface area contributed by atoms with Gasteiger partial charge in [-0.1, -0.05) is 5.16 Å². The number of nitrogens with zero attached hydrogens (tertiary/aromatic N) is 10. The summed E-state index contributed by atoms with van der Waals surface area (Å²) in [4.78, 5) is 61.8. The Morgan fingerprint density at radius 2 is 1.71 bits per heavy atom. The van der Waals surface area contributed by atoms with Crippen molar-refractivity contribution in [1.82, 2.24) is 50.0 Å². The molecule has 4 N–H and O–H groups in total. The van der Waals surface area contributed by atoms with Gasteiger partial charge in [-0.15, -0.1) is 0 Å². The van der Waals surface area contributed by atoms with Crippen molar-refractivity contribution in [2.24, 2.45) is 11.3 Å². The number of nitrogens with two attached hydrogens (primary N) is 1. The zero-order chi connectivity index (χ0) is 45.3. The number of carbonyl (C=O) groups is 3. The van der Waals surface area contributed by atoms with Gasteiger partial charge in [-0.2, -0.15) is 5.10 Å². The van der Waals surface area contributed by atoms with Crippen LogP contribution in [0, 0.1) is 17.2 Å². The van der Waals surface area contributed by atoms with Crippen molar-refractivity contribution < 1.29 is 28.0 Å². The number of likely N-dealkylation sites (tertiary alicyclic amines) is 1. The normalized spacial score (nSPS) is 25.0. The van der Waals surface area contributed by atoms with E-state index in [1.807, 2.05) is 35.8 Å². The average molecular weight is 902 g/mol. The first-order valence-electron chi connectivity index (χ1n) is 23.6. The van der Waals surface area contributed by atoms with E-state index in [0.717, 1.165) is 101 Å². The Kier molecular flexibility index (Phi) is 10.8. The lowest BCUT2D eigenvalue weighted by Crippen LogP contribution is -2.56. The number of ether oxygens (including phenoxy) is 1. The first kappa shape index (κ1) is 42.4. The molecule has 346 valence electrons. The largest absolute Gasteiger partial charge is 0.446 e. The predicted octanol–water partition coefficient (Wildman–Crippen LogP) is 6.03. The zero-order valence-electron chi connectivity index (χ0n) is 37.4. The van der Waals surface area contributed by atoms with E-state index in [4.69, 9.17) is 30.1 Å². The van der Waals surface area contributed by atoms with Crippen LogP contribution in [0.3, 0.4) is 0 Å². The highest BCUT2D eigenvalue weighted by atomic mass is 19.1. The topological polar surface area (TPSA) is 216 Å². The minimum atomic E-state index is -0.552. The Balaban J connectivity index is 0.625. The third-order valence-corrected chi connectivity index (χ3v) is 14.8. The van der Waals surface area contributed by atoms with Gasteiger partial charge in [0.05, 0.1) is 16.6 Å². The zero-order valence-corrected chi connectivity index (χ0v) is 37.4. The lowest BCUT2D eigenvalue weighted by atomic mass is 9.50. The maximum atomic E-state index is 15.2. The molecule has 4 aromatic heterocycles. The fourth-order valence-corrected chi connectivity index (χ4v) is 11.2. The number of nitrogen functional groups attached to an aromatic ring is 1. The number of aromatic nitrogens is 7. The molecule has 18 nitrogen and oxygen atoms in total. The quantitative estimate of drug-likeness (QED) is 0.129. The highest BCUT2D eigenvalue weighted by molar-refractivity contribution is 6.02. The van der Waals surface area contributed by atoms with Crippen LogP contribution in [-0.4, -0.2) is 121 Å². The number of nitrogens with one attached hydrogen (secondary N) is 2. The van der Waals surface area contributed by atoms with E-state index in [1.165, 1.54) is 12.4 Å². The average Bonchev–Trinajstić information content (AvgIpc) is 3.91. The molecule has 1 unspecified atom stereocenters. The Morgan fingerprint density at radius 1 is 0.955 bits per heavy atom. The molecule has 19 heteroatoms. The van der Waals surface area contributed by atoms with Gasteiger partial charge in [0.25, 0.3) is 0 Å². The molecule has 5 aromatic rings. The predicted molar refractivity (Wildman–Crippen MR) is 242 cm³/mol. The van der Waals surface area contributed by atoms with Gasteiger partial charge in [0.2, 0.25) is 11.8 Å². The van der Waals surface area contributed by atoms with Crippen molar-refractivity contribution in [2.45, 2.75) is 108 Å². The van der Waals surface area contributed by atoms with E-state index in [0.29, 0.717) is 76.3 Å². The summed E-state index contributed by atoms with van der Waals surface area (Å²) in [6.45, 7) is 9.58. The fourth-order valence-electron chi connectivity index (χ4n) is 11.2. The van der Waals surface area contributed by atoms with Gasteiger partial charge in [0.1, 0.15) is 41.5 Å². The molecule has 6 fully saturated rings. The van der Waals surface area contributed by atoms with Gasteiger partial charge in [0.15, 0.2) is 17.2 Å². The summed E-state index contributed by atoms with van der Waals surface area (Å²) in [7, 11) is 0. The second-order valence-corrected chi connectivity index (χ2v) is 19.8. The number of hydrogen-bond acceptors (Lipinski definition) is 15. The third-order valence-electron chi connectivity index (χ3n) is 14.8. The van der Waals surface area contributed by atoms with Crippen molar-refractivity contribution in [1.29, 1.82) is 0 Å². The number of carbonyl (C=O) groups excluding carboxylic acids is 3. The number of rotatable bonds is 11. The number of piperidine rings is 2. The van der Waals surface area contributed by atoms with Gasteiger partial charge in [-0.05, 0) is 113 Å². The number of anilines is 3. The summed E-state index contributed by atoms with van der Waals surface area (Å²) < 4.78 is 29.0. The maximum absolute atomic E-state index is 15.2. The number of benzene rings is 1. The summed E-state index contributed by atoms with van der Waals surface area (Å²) in [6, 6.07) is 4.49. The molecule has 66 heavy (non-hydrogen) atoms. The van der Waals surface area contributed by atoms with Crippen molar-refractivity contribution >= 4 is 46.1 Å². The number of imide groups is 1. The van der Waals surface area contributed by atoms with Crippen molar-refractivity contribution in [3.63, 3.8) is 0 Å². The van der Waals surface area contributed by atoms with Crippen LogP contribution in [0.1, 0.15) is 107 Å². The molecule has 0 bridgehead atoms. The van der Waals surface area contributed by atoms with Gasteiger partial charge in [0, 0.05) is 82.3 Å². The number of halogens is 1. The van der Waals surface area contributed by atoms with Crippen LogP contribution in [0.5, 0.6) is 0 Å². The third kappa shape index (κ3) is 8.08. The minimum Gasteiger partial charge on any atom is -0.446 e. The molecule has 1 aromatic carbocycles. The lowest BCUT2D eigenvalue weighted by molar-refractivity contribution is -0.133. The number of amides is 3. The molecule has 1 spiro atoms. The molecular formula is C47H56FN13O5. The monoisotopic (exact) mass is 901 g/mol. The molecule has 3 amide bonds. The van der Waals surface area contributed by atoms with Gasteiger partial charge in [-0.3, -0.25) is 19.8 Å². The second kappa shape index (κ2) is 16.9. The molecule has 7 heterocycles. The Labute approximate surface area is 381 Å². The molecule has 11 rings (SSSR count). The Hall–Kier alpha value is -6.24. The summed E-state index contributed by atoms with van der Waals surface area (Å²) in [6.07, 6.45) is 13.5. The van der Waals surface area contributed by atoms with Crippen molar-refractivity contribution in [2.75, 3.05) is 61.8 Å². The number of piperazine rings is 1.